The van der Waals surface area contributed by atoms with Crippen LogP contribution in [0.5, 0.6) is 0 Å². The lowest BCUT2D eigenvalue weighted by Crippen LogP contribution is -2.14. The van der Waals surface area contributed by atoms with Crippen molar-refractivity contribution in [1.29, 1.82) is 0 Å². The zero-order valence-electron chi connectivity index (χ0n) is 6.97. The van der Waals surface area contributed by atoms with Gasteiger partial charge in [-0.05, 0) is 23.2 Å². The number of aliphatic hydroxyl groups is 1. The summed E-state index contributed by atoms with van der Waals surface area (Å²) in [7, 11) is 0. The molecule has 0 saturated heterocycles. The van der Waals surface area contributed by atoms with Gasteiger partial charge in [-0.1, -0.05) is 12.1 Å². The number of hydrogen-bond donors (Lipinski definition) is 2. The Balaban J connectivity index is 2.60. The summed E-state index contributed by atoms with van der Waals surface area (Å²) in [6.45, 7) is -0.0328. The monoisotopic (exact) mass is 194 g/mol. The fourth-order valence-corrected chi connectivity index (χ4v) is 2.02. The molecule has 1 aromatic carbocycles. The van der Waals surface area contributed by atoms with E-state index in [0.717, 1.165) is 15.6 Å². The molecule has 0 saturated carbocycles. The summed E-state index contributed by atoms with van der Waals surface area (Å²) in [5, 5.41) is 9.99. The second-order valence-electron chi connectivity index (χ2n) is 2.87. The topological polar surface area (TPSA) is 59.1 Å². The Bertz CT molecular complexity index is 413. The van der Waals surface area contributed by atoms with Gasteiger partial charge in [0.1, 0.15) is 0 Å². The minimum atomic E-state index is -0.305. The first-order chi connectivity index (χ1) is 6.33. The molecule has 68 valence electrons. The Morgan fingerprint density at radius 3 is 3.15 bits per heavy atom. The first kappa shape index (κ1) is 8.62. The number of fused-ring (bicyclic) bond motifs is 1. The first-order valence-corrected chi connectivity index (χ1v) is 4.80. The van der Waals surface area contributed by atoms with E-state index in [9.17, 15) is 0 Å². The summed E-state index contributed by atoms with van der Waals surface area (Å²) in [5.41, 5.74) is 6.71. The lowest BCUT2D eigenvalue weighted by Gasteiger charge is -2.08. The predicted molar refractivity (Wildman–Crippen MR) is 53.6 cm³/mol. The third-order valence-electron chi connectivity index (χ3n) is 2.03. The van der Waals surface area contributed by atoms with Crippen LogP contribution < -0.4 is 5.73 Å². The normalized spacial score (nSPS) is 13.4. The van der Waals surface area contributed by atoms with Gasteiger partial charge in [-0.15, -0.1) is 0 Å². The van der Waals surface area contributed by atoms with Crippen LogP contribution in [0.25, 0.3) is 10.1 Å². The van der Waals surface area contributed by atoms with Crippen molar-refractivity contribution < 1.29 is 5.11 Å². The molecule has 0 aliphatic carbocycles. The lowest BCUT2D eigenvalue weighted by atomic mass is 10.1. The van der Waals surface area contributed by atoms with Gasteiger partial charge < -0.3 is 10.8 Å². The highest BCUT2D eigenvalue weighted by Crippen LogP contribution is 2.25. The third-order valence-corrected chi connectivity index (χ3v) is 2.79. The molecule has 0 bridgehead atoms. The molecule has 0 spiro atoms. The quantitative estimate of drug-likeness (QED) is 0.757. The van der Waals surface area contributed by atoms with Crippen molar-refractivity contribution in [3.8, 4) is 0 Å². The summed E-state index contributed by atoms with van der Waals surface area (Å²) in [6.07, 6.45) is 1.80. The van der Waals surface area contributed by atoms with Crippen molar-refractivity contribution in [3.63, 3.8) is 0 Å². The highest BCUT2D eigenvalue weighted by molar-refractivity contribution is 7.13. The molecule has 2 aromatic rings. The van der Waals surface area contributed by atoms with Gasteiger partial charge in [0.25, 0.3) is 0 Å². The van der Waals surface area contributed by atoms with Gasteiger partial charge >= 0.3 is 0 Å². The van der Waals surface area contributed by atoms with E-state index in [1.807, 2.05) is 18.2 Å². The van der Waals surface area contributed by atoms with Gasteiger partial charge in [-0.2, -0.15) is 4.37 Å². The number of benzene rings is 1. The molecule has 0 aliphatic rings. The number of aromatic nitrogens is 1. The summed E-state index contributed by atoms with van der Waals surface area (Å²) >= 11 is 1.44. The smallest absolute Gasteiger partial charge is 0.0624 e. The van der Waals surface area contributed by atoms with Crippen LogP contribution in [-0.2, 0) is 0 Å². The van der Waals surface area contributed by atoms with Crippen LogP contribution in [0.4, 0.5) is 0 Å². The van der Waals surface area contributed by atoms with Gasteiger partial charge in [0, 0.05) is 11.6 Å². The largest absolute Gasteiger partial charge is 0.394 e. The Morgan fingerprint density at radius 2 is 2.38 bits per heavy atom. The standard InChI is InChI=1S/C9H10N2OS/c10-8(5-12)6-2-1-3-9-7(6)4-11-13-9/h1-4,8,12H,5,10H2. The van der Waals surface area contributed by atoms with E-state index in [0.29, 0.717) is 0 Å². The van der Waals surface area contributed by atoms with Gasteiger partial charge in [0.05, 0.1) is 17.3 Å². The Kier molecular flexibility index (Phi) is 2.26. The third kappa shape index (κ3) is 1.44. The van der Waals surface area contributed by atoms with Crippen LogP contribution in [0.15, 0.2) is 24.4 Å². The van der Waals surface area contributed by atoms with E-state index < -0.39 is 0 Å². The number of nitrogens with zero attached hydrogens (tertiary/aromatic N) is 1. The van der Waals surface area contributed by atoms with Crippen LogP contribution in [0.1, 0.15) is 11.6 Å². The van der Waals surface area contributed by atoms with Gasteiger partial charge in [0.2, 0.25) is 0 Å². The van der Waals surface area contributed by atoms with Gasteiger partial charge in [0.15, 0.2) is 0 Å². The van der Waals surface area contributed by atoms with Crippen molar-refractivity contribution in [2.75, 3.05) is 6.61 Å². The number of nitrogens with two attached hydrogens (primary N) is 1. The molecule has 13 heavy (non-hydrogen) atoms. The minimum absolute atomic E-state index is 0.0328. The highest BCUT2D eigenvalue weighted by Gasteiger charge is 2.09. The number of rotatable bonds is 2. The van der Waals surface area contributed by atoms with E-state index in [-0.39, 0.29) is 12.6 Å². The molecule has 3 nitrogen and oxygen atoms in total. The summed E-state index contributed by atoms with van der Waals surface area (Å²) in [4.78, 5) is 0. The maximum atomic E-state index is 8.94. The zero-order chi connectivity index (χ0) is 9.26. The van der Waals surface area contributed by atoms with Crippen LogP contribution in [-0.4, -0.2) is 16.1 Å². The molecule has 4 heteroatoms. The molecule has 3 N–H and O–H groups in total. The average Bonchev–Trinajstić information content (AvgIpc) is 2.63. The van der Waals surface area contributed by atoms with Crippen molar-refractivity contribution in [2.45, 2.75) is 6.04 Å². The molecule has 1 heterocycles. The first-order valence-electron chi connectivity index (χ1n) is 4.02. The Hall–Kier alpha value is -0.970. The zero-order valence-corrected chi connectivity index (χ0v) is 7.79. The molecule has 0 amide bonds. The van der Waals surface area contributed by atoms with Crippen LogP contribution in [0.3, 0.4) is 0 Å². The molecule has 1 unspecified atom stereocenters. The lowest BCUT2D eigenvalue weighted by molar-refractivity contribution is 0.268. The second kappa shape index (κ2) is 3.41. The maximum Gasteiger partial charge on any atom is 0.0624 e. The fourth-order valence-electron chi connectivity index (χ4n) is 1.34. The molecule has 1 aromatic heterocycles. The van der Waals surface area contributed by atoms with Crippen LogP contribution >= 0.6 is 11.5 Å². The summed E-state index contributed by atoms with van der Waals surface area (Å²) in [5.74, 6) is 0. The number of aliphatic hydroxyl groups excluding tert-OH is 1. The van der Waals surface area contributed by atoms with Crippen molar-refractivity contribution in [3.05, 3.63) is 30.0 Å². The summed E-state index contributed by atoms with van der Waals surface area (Å²) < 4.78 is 5.20. The van der Waals surface area contributed by atoms with E-state index in [1.54, 1.807) is 6.20 Å². The Morgan fingerprint density at radius 1 is 1.54 bits per heavy atom. The van der Waals surface area contributed by atoms with Crippen LogP contribution in [0, 0.1) is 0 Å². The molecule has 0 radical (unpaired) electrons. The average molecular weight is 194 g/mol. The SMILES string of the molecule is NC(CO)c1cccc2sncc12. The minimum Gasteiger partial charge on any atom is -0.394 e. The summed E-state index contributed by atoms with van der Waals surface area (Å²) in [6, 6.07) is 5.56. The number of hydrogen-bond acceptors (Lipinski definition) is 4. The van der Waals surface area contributed by atoms with Crippen molar-refractivity contribution in [1.82, 2.24) is 4.37 Å². The van der Waals surface area contributed by atoms with Crippen LogP contribution in [0.2, 0.25) is 0 Å². The van der Waals surface area contributed by atoms with E-state index in [4.69, 9.17) is 10.8 Å². The molecule has 2 rings (SSSR count). The van der Waals surface area contributed by atoms with Gasteiger partial charge in [-0.25, -0.2) is 0 Å². The molecule has 0 fully saturated rings. The van der Waals surface area contributed by atoms with E-state index in [2.05, 4.69) is 4.37 Å². The van der Waals surface area contributed by atoms with Crippen molar-refractivity contribution in [2.24, 2.45) is 5.73 Å². The molecule has 1 atom stereocenters. The highest BCUT2D eigenvalue weighted by atomic mass is 32.1. The molecular formula is C9H10N2OS. The van der Waals surface area contributed by atoms with Crippen molar-refractivity contribution >= 4 is 21.6 Å². The van der Waals surface area contributed by atoms with Gasteiger partial charge in [-0.3, -0.25) is 0 Å². The second-order valence-corrected chi connectivity index (χ2v) is 3.71. The fraction of sp³-hybridized carbons (Fsp3) is 0.222. The van der Waals surface area contributed by atoms with E-state index >= 15 is 0 Å². The molecule has 0 aliphatic heterocycles. The maximum absolute atomic E-state index is 8.94. The Labute approximate surface area is 80.0 Å². The van der Waals surface area contributed by atoms with E-state index in [1.165, 1.54) is 11.5 Å². The molecular weight excluding hydrogens is 184 g/mol. The predicted octanol–water partition coefficient (Wildman–Crippen LogP) is 1.29.